The van der Waals surface area contributed by atoms with Crippen molar-refractivity contribution >= 4 is 0 Å². The molecule has 0 fully saturated rings. The molecule has 0 aromatic heterocycles. The minimum Gasteiger partial charge on any atom is -0.374 e. The topological polar surface area (TPSA) is 21.3 Å². The van der Waals surface area contributed by atoms with Crippen molar-refractivity contribution < 1.29 is 4.74 Å². The molecule has 19 heavy (non-hydrogen) atoms. The first-order chi connectivity index (χ1) is 8.81. The molecule has 2 heteroatoms. The first kappa shape index (κ1) is 16.2. The van der Waals surface area contributed by atoms with E-state index in [0.29, 0.717) is 6.61 Å². The van der Waals surface area contributed by atoms with Crippen LogP contribution in [0, 0.1) is 13.8 Å². The molecule has 0 saturated carbocycles. The van der Waals surface area contributed by atoms with Crippen molar-refractivity contribution in [3.8, 4) is 0 Å². The van der Waals surface area contributed by atoms with Crippen LogP contribution in [0.1, 0.15) is 56.8 Å². The SMILES string of the molecule is CCCNC(COC(C)(C)C)c1cc(C)cc(C)c1. The molecule has 1 rings (SSSR count). The van der Waals surface area contributed by atoms with E-state index < -0.39 is 0 Å². The summed E-state index contributed by atoms with van der Waals surface area (Å²) in [5.74, 6) is 0. The average molecular weight is 263 g/mol. The third-order valence-electron chi connectivity index (χ3n) is 2.97. The van der Waals surface area contributed by atoms with Crippen LogP contribution in [-0.4, -0.2) is 18.8 Å². The molecule has 1 N–H and O–H groups in total. The van der Waals surface area contributed by atoms with Gasteiger partial charge in [-0.25, -0.2) is 0 Å². The molecule has 0 spiro atoms. The van der Waals surface area contributed by atoms with E-state index in [0.717, 1.165) is 13.0 Å². The Morgan fingerprint density at radius 3 is 2.16 bits per heavy atom. The van der Waals surface area contributed by atoms with Crippen molar-refractivity contribution in [2.75, 3.05) is 13.2 Å². The maximum Gasteiger partial charge on any atom is 0.0668 e. The molecule has 0 amide bonds. The van der Waals surface area contributed by atoms with E-state index in [2.05, 4.69) is 65.1 Å². The lowest BCUT2D eigenvalue weighted by molar-refractivity contribution is -0.0147. The van der Waals surface area contributed by atoms with Gasteiger partial charge >= 0.3 is 0 Å². The standard InChI is InChI=1S/C17H29NO/c1-7-8-18-16(12-19-17(4,5)6)15-10-13(2)9-14(3)11-15/h9-11,16,18H,7-8,12H2,1-6H3. The Hall–Kier alpha value is -0.860. The largest absolute Gasteiger partial charge is 0.374 e. The second-order valence-corrected chi connectivity index (χ2v) is 6.35. The fraction of sp³-hybridized carbons (Fsp3) is 0.647. The molecule has 1 aromatic rings. The van der Waals surface area contributed by atoms with Gasteiger partial charge in [0.2, 0.25) is 0 Å². The Morgan fingerprint density at radius 1 is 1.11 bits per heavy atom. The molecule has 2 nitrogen and oxygen atoms in total. The summed E-state index contributed by atoms with van der Waals surface area (Å²) in [5, 5.41) is 3.59. The molecule has 1 atom stereocenters. The molecule has 0 aliphatic heterocycles. The Balaban J connectivity index is 2.82. The second-order valence-electron chi connectivity index (χ2n) is 6.35. The lowest BCUT2D eigenvalue weighted by Crippen LogP contribution is -2.30. The Morgan fingerprint density at radius 2 is 1.68 bits per heavy atom. The number of benzene rings is 1. The maximum absolute atomic E-state index is 5.96. The lowest BCUT2D eigenvalue weighted by atomic mass is 10.0. The molecule has 1 unspecified atom stereocenters. The molecule has 0 aliphatic carbocycles. The molecule has 0 radical (unpaired) electrons. The zero-order chi connectivity index (χ0) is 14.5. The highest BCUT2D eigenvalue weighted by Crippen LogP contribution is 2.20. The average Bonchev–Trinajstić information content (AvgIpc) is 2.26. The number of ether oxygens (including phenoxy) is 1. The Kier molecular flexibility index (Phi) is 6.02. The number of rotatable bonds is 6. The normalized spacial score (nSPS) is 13.6. The van der Waals surface area contributed by atoms with Crippen LogP contribution in [0.25, 0.3) is 0 Å². The highest BCUT2D eigenvalue weighted by Gasteiger charge is 2.17. The zero-order valence-corrected chi connectivity index (χ0v) is 13.3. The van der Waals surface area contributed by atoms with Crippen LogP contribution < -0.4 is 5.32 Å². The summed E-state index contributed by atoms with van der Waals surface area (Å²) in [6, 6.07) is 7.00. The molecule has 108 valence electrons. The zero-order valence-electron chi connectivity index (χ0n) is 13.3. The van der Waals surface area contributed by atoms with E-state index in [9.17, 15) is 0 Å². The van der Waals surface area contributed by atoms with E-state index >= 15 is 0 Å². The first-order valence-electron chi connectivity index (χ1n) is 7.27. The van der Waals surface area contributed by atoms with Crippen LogP contribution in [0.2, 0.25) is 0 Å². The van der Waals surface area contributed by atoms with Crippen molar-refractivity contribution in [3.05, 3.63) is 34.9 Å². The second kappa shape index (κ2) is 7.06. The van der Waals surface area contributed by atoms with Crippen LogP contribution in [-0.2, 0) is 4.74 Å². The summed E-state index contributed by atoms with van der Waals surface area (Å²) in [6.07, 6.45) is 1.14. The van der Waals surface area contributed by atoms with Gasteiger partial charge in [0.1, 0.15) is 0 Å². The van der Waals surface area contributed by atoms with Gasteiger partial charge in [-0.2, -0.15) is 0 Å². The molecule has 0 heterocycles. The fourth-order valence-corrected chi connectivity index (χ4v) is 2.14. The van der Waals surface area contributed by atoms with E-state index in [1.807, 2.05) is 0 Å². The van der Waals surface area contributed by atoms with Gasteiger partial charge in [0.25, 0.3) is 0 Å². The van der Waals surface area contributed by atoms with Gasteiger partial charge in [-0.3, -0.25) is 0 Å². The summed E-state index contributed by atoms with van der Waals surface area (Å²) < 4.78 is 5.96. The third-order valence-corrected chi connectivity index (χ3v) is 2.97. The van der Waals surface area contributed by atoms with Crippen molar-refractivity contribution in [1.29, 1.82) is 0 Å². The van der Waals surface area contributed by atoms with Gasteiger partial charge in [0.05, 0.1) is 18.2 Å². The lowest BCUT2D eigenvalue weighted by Gasteiger charge is -2.26. The molecular formula is C17H29NO. The van der Waals surface area contributed by atoms with Crippen molar-refractivity contribution in [3.63, 3.8) is 0 Å². The van der Waals surface area contributed by atoms with Gasteiger partial charge in [-0.05, 0) is 53.1 Å². The van der Waals surface area contributed by atoms with Crippen LogP contribution in [0.4, 0.5) is 0 Å². The number of nitrogens with one attached hydrogen (secondary N) is 1. The molecular weight excluding hydrogens is 234 g/mol. The van der Waals surface area contributed by atoms with Crippen LogP contribution in [0.15, 0.2) is 18.2 Å². The van der Waals surface area contributed by atoms with Gasteiger partial charge in [-0.15, -0.1) is 0 Å². The van der Waals surface area contributed by atoms with Crippen LogP contribution in [0.3, 0.4) is 0 Å². The van der Waals surface area contributed by atoms with Crippen molar-refractivity contribution in [2.24, 2.45) is 0 Å². The third kappa shape index (κ3) is 6.22. The highest BCUT2D eigenvalue weighted by molar-refractivity contribution is 5.30. The minimum atomic E-state index is -0.0922. The predicted octanol–water partition coefficient (Wildman–Crippen LogP) is 4.16. The van der Waals surface area contributed by atoms with Crippen LogP contribution >= 0.6 is 0 Å². The van der Waals surface area contributed by atoms with Gasteiger partial charge in [0.15, 0.2) is 0 Å². The molecule has 0 saturated heterocycles. The summed E-state index contributed by atoms with van der Waals surface area (Å²) in [6.45, 7) is 14.5. The number of aryl methyl sites for hydroxylation is 2. The fourth-order valence-electron chi connectivity index (χ4n) is 2.14. The van der Waals surface area contributed by atoms with Gasteiger partial charge < -0.3 is 10.1 Å². The highest BCUT2D eigenvalue weighted by atomic mass is 16.5. The van der Waals surface area contributed by atoms with E-state index in [1.54, 1.807) is 0 Å². The smallest absolute Gasteiger partial charge is 0.0668 e. The van der Waals surface area contributed by atoms with Gasteiger partial charge in [0, 0.05) is 0 Å². The van der Waals surface area contributed by atoms with Crippen molar-refractivity contribution in [2.45, 2.75) is 59.6 Å². The van der Waals surface area contributed by atoms with Gasteiger partial charge in [-0.1, -0.05) is 36.2 Å². The van der Waals surface area contributed by atoms with E-state index in [1.165, 1.54) is 16.7 Å². The minimum absolute atomic E-state index is 0.0922. The first-order valence-corrected chi connectivity index (χ1v) is 7.27. The number of hydrogen-bond donors (Lipinski definition) is 1. The Labute approximate surface area is 118 Å². The van der Waals surface area contributed by atoms with Crippen LogP contribution in [0.5, 0.6) is 0 Å². The summed E-state index contributed by atoms with van der Waals surface area (Å²) in [4.78, 5) is 0. The van der Waals surface area contributed by atoms with E-state index in [-0.39, 0.29) is 11.6 Å². The number of hydrogen-bond acceptors (Lipinski definition) is 2. The summed E-state index contributed by atoms with van der Waals surface area (Å²) in [7, 11) is 0. The van der Waals surface area contributed by atoms with E-state index in [4.69, 9.17) is 4.74 Å². The molecule has 0 aliphatic rings. The quantitative estimate of drug-likeness (QED) is 0.832. The van der Waals surface area contributed by atoms with Crippen molar-refractivity contribution in [1.82, 2.24) is 5.32 Å². The Bertz CT molecular complexity index is 372. The predicted molar refractivity (Wildman–Crippen MR) is 82.7 cm³/mol. The molecule has 0 bridgehead atoms. The summed E-state index contributed by atoms with van der Waals surface area (Å²) in [5.41, 5.74) is 3.86. The maximum atomic E-state index is 5.96. The monoisotopic (exact) mass is 263 g/mol. The summed E-state index contributed by atoms with van der Waals surface area (Å²) >= 11 is 0. The molecule has 1 aromatic carbocycles.